The normalized spacial score (nSPS) is 15.6. The van der Waals surface area contributed by atoms with Crippen LogP contribution >= 0.6 is 0 Å². The second-order valence-electron chi connectivity index (χ2n) is 5.62. The van der Waals surface area contributed by atoms with Crippen LogP contribution in [-0.2, 0) is 4.79 Å². The van der Waals surface area contributed by atoms with Crippen LogP contribution in [0.5, 0.6) is 0 Å². The molecule has 20 heavy (non-hydrogen) atoms. The number of carbonyl (C=O) groups is 2. The molecule has 7 heteroatoms. The molecule has 0 spiro atoms. The van der Waals surface area contributed by atoms with Crippen LogP contribution in [0.25, 0.3) is 0 Å². The average molecular weight is 289 g/mol. The highest BCUT2D eigenvalue weighted by Gasteiger charge is 2.26. The lowest BCUT2D eigenvalue weighted by Crippen LogP contribution is -2.51. The number of aliphatic hydroxyl groups is 1. The molecule has 2 unspecified atom stereocenters. The Bertz CT molecular complexity index is 332. The minimum Gasteiger partial charge on any atom is -0.481 e. The first kappa shape index (κ1) is 18.7. The van der Waals surface area contributed by atoms with Crippen LogP contribution in [-0.4, -0.2) is 77.4 Å². The predicted molar refractivity (Wildman–Crippen MR) is 76.7 cm³/mol. The fourth-order valence-corrected chi connectivity index (χ4v) is 2.04. The number of carboxylic acids is 1. The molecule has 118 valence electrons. The summed E-state index contributed by atoms with van der Waals surface area (Å²) < 4.78 is 0. The minimum atomic E-state index is -1.45. The Morgan fingerprint density at radius 1 is 1.35 bits per heavy atom. The van der Waals surface area contributed by atoms with E-state index in [9.17, 15) is 14.7 Å². The van der Waals surface area contributed by atoms with Crippen LogP contribution in [0.3, 0.4) is 0 Å². The number of nitrogens with zero attached hydrogens (tertiary/aromatic N) is 2. The molecule has 0 heterocycles. The molecule has 7 nitrogen and oxygen atoms in total. The van der Waals surface area contributed by atoms with Crippen LogP contribution in [0, 0.1) is 0 Å². The third kappa shape index (κ3) is 7.30. The van der Waals surface area contributed by atoms with E-state index in [4.69, 9.17) is 5.11 Å². The third-order valence-corrected chi connectivity index (χ3v) is 2.92. The zero-order valence-corrected chi connectivity index (χ0v) is 13.0. The number of carboxylic acid groups (broad SMARTS) is 1. The number of nitrogens with one attached hydrogen (secondary N) is 1. The van der Waals surface area contributed by atoms with Crippen LogP contribution in [0.4, 0.5) is 4.79 Å². The molecule has 3 N–H and O–H groups in total. The Balaban J connectivity index is 4.45. The van der Waals surface area contributed by atoms with Gasteiger partial charge in [0.25, 0.3) is 0 Å². The van der Waals surface area contributed by atoms with Crippen molar-refractivity contribution in [1.82, 2.24) is 15.1 Å². The van der Waals surface area contributed by atoms with E-state index in [1.54, 1.807) is 4.90 Å². The van der Waals surface area contributed by atoms with Crippen molar-refractivity contribution < 1.29 is 19.8 Å². The largest absolute Gasteiger partial charge is 0.481 e. The minimum absolute atomic E-state index is 0.0272. The van der Waals surface area contributed by atoms with Gasteiger partial charge in [-0.2, -0.15) is 0 Å². The highest BCUT2D eigenvalue weighted by atomic mass is 16.4. The topological polar surface area (TPSA) is 93.1 Å². The quantitative estimate of drug-likeness (QED) is 0.593. The Hall–Kier alpha value is -1.34. The van der Waals surface area contributed by atoms with Gasteiger partial charge in [-0.05, 0) is 34.9 Å². The van der Waals surface area contributed by atoms with Crippen LogP contribution in [0.15, 0.2) is 0 Å². The first-order chi connectivity index (χ1) is 9.09. The maximum Gasteiger partial charge on any atom is 0.317 e. The number of rotatable bonds is 8. The molecule has 0 fully saturated rings. The van der Waals surface area contributed by atoms with Gasteiger partial charge in [0.1, 0.15) is 0 Å². The summed E-state index contributed by atoms with van der Waals surface area (Å²) in [7, 11) is 3.86. The number of aliphatic carboxylic acids is 1. The highest BCUT2D eigenvalue weighted by molar-refractivity contribution is 5.75. The van der Waals surface area contributed by atoms with Crippen molar-refractivity contribution in [2.24, 2.45) is 0 Å². The van der Waals surface area contributed by atoms with Gasteiger partial charge in [-0.1, -0.05) is 0 Å². The van der Waals surface area contributed by atoms with Crippen molar-refractivity contribution in [3.8, 4) is 0 Å². The van der Waals surface area contributed by atoms with Crippen LogP contribution in [0.1, 0.15) is 27.2 Å². The van der Waals surface area contributed by atoms with Gasteiger partial charge < -0.3 is 25.3 Å². The predicted octanol–water partition coefficient (Wildman–Crippen LogP) is 0.194. The molecule has 0 aliphatic carbocycles. The highest BCUT2D eigenvalue weighted by Crippen LogP contribution is 2.08. The Morgan fingerprint density at radius 2 is 1.90 bits per heavy atom. The van der Waals surface area contributed by atoms with E-state index in [0.29, 0.717) is 6.54 Å². The van der Waals surface area contributed by atoms with Gasteiger partial charge >= 0.3 is 12.0 Å². The summed E-state index contributed by atoms with van der Waals surface area (Å²) in [6.07, 6.45) is -0.410. The molecule has 2 atom stereocenters. The van der Waals surface area contributed by atoms with Crippen molar-refractivity contribution in [3.05, 3.63) is 0 Å². The van der Waals surface area contributed by atoms with Crippen LogP contribution in [0.2, 0.25) is 0 Å². The maximum absolute atomic E-state index is 12.1. The molecule has 0 aliphatic heterocycles. The van der Waals surface area contributed by atoms with Crippen molar-refractivity contribution in [2.75, 3.05) is 33.7 Å². The SMILES string of the molecule is CCN(C(=O)NCC(C)(O)CC(=O)O)C(C)CN(C)C. The van der Waals surface area contributed by atoms with Gasteiger partial charge in [0.2, 0.25) is 0 Å². The zero-order chi connectivity index (χ0) is 15.9. The van der Waals surface area contributed by atoms with Gasteiger partial charge in [-0.25, -0.2) is 4.79 Å². The van der Waals surface area contributed by atoms with E-state index in [1.807, 2.05) is 32.8 Å². The fourth-order valence-electron chi connectivity index (χ4n) is 2.04. The van der Waals surface area contributed by atoms with E-state index >= 15 is 0 Å². The summed E-state index contributed by atoms with van der Waals surface area (Å²) in [5.41, 5.74) is -1.45. The molecule has 0 aliphatic rings. The monoisotopic (exact) mass is 289 g/mol. The van der Waals surface area contributed by atoms with Crippen molar-refractivity contribution in [2.45, 2.75) is 38.8 Å². The molecule has 0 bridgehead atoms. The number of urea groups is 1. The van der Waals surface area contributed by atoms with Gasteiger partial charge in [0.15, 0.2) is 0 Å². The summed E-state index contributed by atoms with van der Waals surface area (Å²) in [5, 5.41) is 21.1. The number of carbonyl (C=O) groups excluding carboxylic acids is 1. The smallest absolute Gasteiger partial charge is 0.317 e. The van der Waals surface area contributed by atoms with Gasteiger partial charge in [-0.15, -0.1) is 0 Å². The van der Waals surface area contributed by atoms with E-state index in [-0.39, 0.29) is 18.6 Å². The average Bonchev–Trinajstić information content (AvgIpc) is 2.24. The summed E-state index contributed by atoms with van der Waals surface area (Å²) in [5.74, 6) is -1.10. The standard InChI is InChI=1S/C13H27N3O4/c1-6-16(10(2)8-15(4)5)12(19)14-9-13(3,20)7-11(17)18/h10,20H,6-9H2,1-5H3,(H,14,19)(H,17,18). The molecule has 0 aromatic carbocycles. The van der Waals surface area contributed by atoms with E-state index in [0.717, 1.165) is 6.54 Å². The summed E-state index contributed by atoms with van der Waals surface area (Å²) in [6.45, 7) is 6.39. The van der Waals surface area contributed by atoms with Crippen molar-refractivity contribution in [1.29, 1.82) is 0 Å². The Kier molecular flexibility index (Phi) is 7.52. The van der Waals surface area contributed by atoms with Crippen LogP contribution < -0.4 is 5.32 Å². The number of hydrogen-bond acceptors (Lipinski definition) is 4. The van der Waals surface area contributed by atoms with Crippen molar-refractivity contribution in [3.63, 3.8) is 0 Å². The second kappa shape index (κ2) is 8.06. The second-order valence-corrected chi connectivity index (χ2v) is 5.62. The molecule has 2 amide bonds. The molecule has 0 saturated heterocycles. The van der Waals surface area contributed by atoms with E-state index in [2.05, 4.69) is 5.32 Å². The zero-order valence-electron chi connectivity index (χ0n) is 13.0. The fraction of sp³-hybridized carbons (Fsp3) is 0.846. The maximum atomic E-state index is 12.1. The Labute approximate surface area is 120 Å². The number of hydrogen-bond donors (Lipinski definition) is 3. The lowest BCUT2D eigenvalue weighted by atomic mass is 10.0. The molecule has 0 rings (SSSR count). The van der Waals surface area contributed by atoms with E-state index < -0.39 is 18.0 Å². The lowest BCUT2D eigenvalue weighted by Gasteiger charge is -2.31. The van der Waals surface area contributed by atoms with E-state index in [1.165, 1.54) is 6.92 Å². The molecule has 0 radical (unpaired) electrons. The first-order valence-corrected chi connectivity index (χ1v) is 6.72. The molecular formula is C13H27N3O4. The summed E-state index contributed by atoms with van der Waals surface area (Å²) in [4.78, 5) is 26.3. The molecule has 0 saturated carbocycles. The lowest BCUT2D eigenvalue weighted by molar-refractivity contribution is -0.141. The first-order valence-electron chi connectivity index (χ1n) is 6.72. The molecule has 0 aromatic rings. The summed E-state index contributed by atoms with van der Waals surface area (Å²) in [6, 6.07) is -0.271. The van der Waals surface area contributed by atoms with Gasteiger partial charge in [-0.3, -0.25) is 4.79 Å². The molecular weight excluding hydrogens is 262 g/mol. The Morgan fingerprint density at radius 3 is 2.30 bits per heavy atom. The third-order valence-electron chi connectivity index (χ3n) is 2.92. The number of likely N-dealkylation sites (N-methyl/N-ethyl adjacent to an activating group) is 2. The molecule has 0 aromatic heterocycles. The van der Waals surface area contributed by atoms with Gasteiger partial charge in [0.05, 0.1) is 12.0 Å². The number of amides is 2. The summed E-state index contributed by atoms with van der Waals surface area (Å²) >= 11 is 0. The van der Waals surface area contributed by atoms with Crippen molar-refractivity contribution >= 4 is 12.0 Å². The van der Waals surface area contributed by atoms with Gasteiger partial charge in [0, 0.05) is 25.7 Å².